The Morgan fingerprint density at radius 1 is 0.933 bits per heavy atom. The van der Waals surface area contributed by atoms with Gasteiger partial charge in [0, 0.05) is 56.5 Å². The SMILES string of the molecule is O=C(Nc1ccc(N2CCN(C/C=C/c3ccccc3)CC2)cc1)c1cccnc1. The van der Waals surface area contributed by atoms with Crippen LogP contribution >= 0.6 is 0 Å². The Bertz CT molecular complexity index is 963. The van der Waals surface area contributed by atoms with Crippen molar-refractivity contribution in [1.29, 1.82) is 0 Å². The zero-order valence-electron chi connectivity index (χ0n) is 16.9. The second kappa shape index (κ2) is 9.85. The van der Waals surface area contributed by atoms with Crippen LogP contribution in [-0.2, 0) is 0 Å². The van der Waals surface area contributed by atoms with Gasteiger partial charge in [0.25, 0.3) is 5.91 Å². The van der Waals surface area contributed by atoms with Gasteiger partial charge in [-0.3, -0.25) is 14.7 Å². The van der Waals surface area contributed by atoms with E-state index in [0.717, 1.165) is 38.4 Å². The van der Waals surface area contributed by atoms with E-state index < -0.39 is 0 Å². The molecule has 5 heteroatoms. The second-order valence-electron chi connectivity index (χ2n) is 7.34. The third kappa shape index (κ3) is 5.33. The van der Waals surface area contributed by atoms with Crippen LogP contribution in [-0.4, -0.2) is 48.5 Å². The largest absolute Gasteiger partial charge is 0.369 e. The van der Waals surface area contributed by atoms with E-state index in [1.165, 1.54) is 11.3 Å². The van der Waals surface area contributed by atoms with Crippen LogP contribution in [0.2, 0.25) is 0 Å². The average Bonchev–Trinajstić information content (AvgIpc) is 2.81. The summed E-state index contributed by atoms with van der Waals surface area (Å²) < 4.78 is 0. The molecule has 1 saturated heterocycles. The summed E-state index contributed by atoms with van der Waals surface area (Å²) in [4.78, 5) is 21.1. The van der Waals surface area contributed by atoms with Crippen molar-refractivity contribution in [3.63, 3.8) is 0 Å². The summed E-state index contributed by atoms with van der Waals surface area (Å²) in [6.07, 6.45) is 7.65. The van der Waals surface area contributed by atoms with Crippen LogP contribution in [0.1, 0.15) is 15.9 Å². The van der Waals surface area contributed by atoms with Gasteiger partial charge in [0.05, 0.1) is 5.56 Å². The molecule has 4 rings (SSSR count). The number of nitrogens with zero attached hydrogens (tertiary/aromatic N) is 3. The molecule has 0 spiro atoms. The maximum atomic E-state index is 12.2. The molecule has 1 aliphatic rings. The van der Waals surface area contributed by atoms with Crippen molar-refractivity contribution in [3.8, 4) is 0 Å². The lowest BCUT2D eigenvalue weighted by atomic mass is 10.2. The highest BCUT2D eigenvalue weighted by Gasteiger charge is 2.16. The fourth-order valence-electron chi connectivity index (χ4n) is 3.55. The number of nitrogens with one attached hydrogen (secondary N) is 1. The summed E-state index contributed by atoms with van der Waals surface area (Å²) in [5, 5.41) is 2.92. The minimum absolute atomic E-state index is 0.145. The standard InChI is InChI=1S/C25H26N4O/c30-25(22-9-4-14-26-20-22)27-23-10-12-24(13-11-23)29-18-16-28(17-19-29)15-5-8-21-6-2-1-3-7-21/h1-14,20H,15-19H2,(H,27,30)/b8-5+. The number of rotatable bonds is 6. The van der Waals surface area contributed by atoms with E-state index in [0.29, 0.717) is 5.56 Å². The topological polar surface area (TPSA) is 48.5 Å². The van der Waals surface area contributed by atoms with E-state index in [1.807, 2.05) is 18.2 Å². The second-order valence-corrected chi connectivity index (χ2v) is 7.34. The molecule has 0 saturated carbocycles. The van der Waals surface area contributed by atoms with Gasteiger partial charge in [-0.05, 0) is 42.0 Å². The molecule has 0 unspecified atom stereocenters. The van der Waals surface area contributed by atoms with Gasteiger partial charge >= 0.3 is 0 Å². The maximum absolute atomic E-state index is 12.2. The summed E-state index contributed by atoms with van der Waals surface area (Å²) in [7, 11) is 0. The van der Waals surface area contributed by atoms with Crippen LogP contribution in [0.5, 0.6) is 0 Å². The molecule has 2 heterocycles. The van der Waals surface area contributed by atoms with Crippen LogP contribution in [0.4, 0.5) is 11.4 Å². The Labute approximate surface area is 177 Å². The number of carbonyl (C=O) groups is 1. The number of piperazine rings is 1. The zero-order valence-corrected chi connectivity index (χ0v) is 16.9. The molecule has 0 radical (unpaired) electrons. The predicted molar refractivity (Wildman–Crippen MR) is 123 cm³/mol. The number of hydrogen-bond acceptors (Lipinski definition) is 4. The minimum Gasteiger partial charge on any atom is -0.369 e. The summed E-state index contributed by atoms with van der Waals surface area (Å²) >= 11 is 0. The van der Waals surface area contributed by atoms with Crippen molar-refractivity contribution in [1.82, 2.24) is 9.88 Å². The quantitative estimate of drug-likeness (QED) is 0.677. The highest BCUT2D eigenvalue weighted by atomic mass is 16.1. The van der Waals surface area contributed by atoms with E-state index in [9.17, 15) is 4.79 Å². The molecule has 0 bridgehead atoms. The van der Waals surface area contributed by atoms with Gasteiger partial charge in [0.1, 0.15) is 0 Å². The van der Waals surface area contributed by atoms with Gasteiger partial charge in [-0.15, -0.1) is 0 Å². The molecule has 3 aromatic rings. The first kappa shape index (κ1) is 19.9. The smallest absolute Gasteiger partial charge is 0.257 e. The summed E-state index contributed by atoms with van der Waals surface area (Å²) in [6, 6.07) is 22.0. The van der Waals surface area contributed by atoms with Gasteiger partial charge < -0.3 is 10.2 Å². The minimum atomic E-state index is -0.145. The Balaban J connectivity index is 1.25. The van der Waals surface area contributed by atoms with Crippen molar-refractivity contribution in [2.75, 3.05) is 42.9 Å². The summed E-state index contributed by atoms with van der Waals surface area (Å²) in [5.74, 6) is -0.145. The normalized spacial score (nSPS) is 14.7. The van der Waals surface area contributed by atoms with Gasteiger partial charge in [0.2, 0.25) is 0 Å². The summed E-state index contributed by atoms with van der Waals surface area (Å²) in [5.41, 5.74) is 3.77. The first-order valence-electron chi connectivity index (χ1n) is 10.3. The molecule has 0 aliphatic carbocycles. The fraction of sp³-hybridized carbons (Fsp3) is 0.200. The Morgan fingerprint density at radius 3 is 2.40 bits per heavy atom. The van der Waals surface area contributed by atoms with Gasteiger partial charge in [-0.2, -0.15) is 0 Å². The van der Waals surface area contributed by atoms with Gasteiger partial charge in [-0.1, -0.05) is 42.5 Å². The number of anilines is 2. The first-order chi connectivity index (χ1) is 14.8. The number of aromatic nitrogens is 1. The number of hydrogen-bond donors (Lipinski definition) is 1. The highest BCUT2D eigenvalue weighted by molar-refractivity contribution is 6.04. The first-order valence-corrected chi connectivity index (χ1v) is 10.3. The van der Waals surface area contributed by atoms with E-state index in [2.05, 4.69) is 68.7 Å². The third-order valence-corrected chi connectivity index (χ3v) is 5.26. The van der Waals surface area contributed by atoms with Crippen LogP contribution in [0, 0.1) is 0 Å². The molecule has 1 aliphatic heterocycles. The van der Waals surface area contributed by atoms with Crippen molar-refractivity contribution >= 4 is 23.4 Å². The highest BCUT2D eigenvalue weighted by Crippen LogP contribution is 2.20. The van der Waals surface area contributed by atoms with Crippen LogP contribution in [0.25, 0.3) is 6.08 Å². The Hall–Kier alpha value is -3.44. The molecule has 152 valence electrons. The number of carbonyl (C=O) groups excluding carboxylic acids is 1. The molecular weight excluding hydrogens is 372 g/mol. The summed E-state index contributed by atoms with van der Waals surface area (Å²) in [6.45, 7) is 5.06. The van der Waals surface area contributed by atoms with Crippen molar-refractivity contribution in [2.24, 2.45) is 0 Å². The number of amides is 1. The number of pyridine rings is 1. The molecular formula is C25H26N4O. The lowest BCUT2D eigenvalue weighted by molar-refractivity contribution is 0.102. The molecule has 1 aromatic heterocycles. The van der Waals surface area contributed by atoms with Crippen molar-refractivity contribution in [2.45, 2.75) is 0 Å². The monoisotopic (exact) mass is 398 g/mol. The van der Waals surface area contributed by atoms with Crippen LogP contribution in [0.3, 0.4) is 0 Å². The van der Waals surface area contributed by atoms with E-state index in [1.54, 1.807) is 24.5 Å². The predicted octanol–water partition coefficient (Wildman–Crippen LogP) is 4.17. The fourth-order valence-corrected chi connectivity index (χ4v) is 3.55. The number of benzene rings is 2. The van der Waals surface area contributed by atoms with E-state index >= 15 is 0 Å². The van der Waals surface area contributed by atoms with Crippen molar-refractivity contribution in [3.05, 3.63) is 96.3 Å². The Morgan fingerprint density at radius 2 is 1.70 bits per heavy atom. The van der Waals surface area contributed by atoms with Crippen LogP contribution < -0.4 is 10.2 Å². The van der Waals surface area contributed by atoms with E-state index in [-0.39, 0.29) is 5.91 Å². The van der Waals surface area contributed by atoms with E-state index in [4.69, 9.17) is 0 Å². The molecule has 0 atom stereocenters. The average molecular weight is 399 g/mol. The molecule has 2 aromatic carbocycles. The molecule has 5 nitrogen and oxygen atoms in total. The Kier molecular flexibility index (Phi) is 6.52. The van der Waals surface area contributed by atoms with Crippen molar-refractivity contribution < 1.29 is 4.79 Å². The van der Waals surface area contributed by atoms with Gasteiger partial charge in [0.15, 0.2) is 0 Å². The molecule has 1 fully saturated rings. The molecule has 1 amide bonds. The third-order valence-electron chi connectivity index (χ3n) is 5.26. The molecule has 1 N–H and O–H groups in total. The zero-order chi connectivity index (χ0) is 20.6. The lowest BCUT2D eigenvalue weighted by Crippen LogP contribution is -2.46. The maximum Gasteiger partial charge on any atom is 0.257 e. The molecule has 30 heavy (non-hydrogen) atoms. The lowest BCUT2D eigenvalue weighted by Gasteiger charge is -2.35. The van der Waals surface area contributed by atoms with Gasteiger partial charge in [-0.25, -0.2) is 0 Å². The van der Waals surface area contributed by atoms with Crippen LogP contribution in [0.15, 0.2) is 85.2 Å².